The number of aromatic nitrogens is 2. The Labute approximate surface area is 62.0 Å². The number of rotatable bonds is 2. The number of nitrogens with zero attached hydrogens (tertiary/aromatic N) is 2. The minimum Gasteiger partial charge on any atom is -0.449 e. The normalized spacial score (nSPS) is 9.82. The van der Waals surface area contributed by atoms with E-state index in [1.165, 1.54) is 6.26 Å². The lowest BCUT2D eigenvalue weighted by Gasteiger charge is -1.92. The molecule has 2 rings (SSSR count). The van der Waals surface area contributed by atoms with Gasteiger partial charge in [-0.25, -0.2) is 0 Å². The molecule has 0 atom stereocenters. The molecular formula is C6H5N3O2. The molecule has 1 N–H and O–H groups in total. The van der Waals surface area contributed by atoms with Crippen LogP contribution < -0.4 is 5.32 Å². The van der Waals surface area contributed by atoms with Crippen molar-refractivity contribution in [1.82, 2.24) is 10.4 Å². The minimum atomic E-state index is 0.528. The molecule has 0 aliphatic heterocycles. The number of nitrogens with one attached hydrogen (secondary N) is 1. The van der Waals surface area contributed by atoms with Crippen molar-refractivity contribution in [2.75, 3.05) is 5.32 Å². The molecule has 2 aromatic heterocycles. The summed E-state index contributed by atoms with van der Waals surface area (Å²) in [5.41, 5.74) is 0. The molecule has 5 nitrogen and oxygen atoms in total. The molecule has 0 aliphatic rings. The number of anilines is 2. The first-order valence-corrected chi connectivity index (χ1v) is 3.03. The lowest BCUT2D eigenvalue weighted by Crippen LogP contribution is -1.87. The van der Waals surface area contributed by atoms with Gasteiger partial charge in [0.15, 0.2) is 18.0 Å². The monoisotopic (exact) mass is 151 g/mol. The SMILES string of the molecule is c1coc(Nc2conn2)c1. The van der Waals surface area contributed by atoms with Gasteiger partial charge >= 0.3 is 0 Å². The molecule has 2 heterocycles. The Morgan fingerprint density at radius 3 is 3.09 bits per heavy atom. The van der Waals surface area contributed by atoms with Crippen LogP contribution in [0.2, 0.25) is 0 Å². The van der Waals surface area contributed by atoms with Crippen LogP contribution in [0.1, 0.15) is 0 Å². The van der Waals surface area contributed by atoms with Crippen LogP contribution in [0, 0.1) is 0 Å². The highest BCUT2D eigenvalue weighted by Crippen LogP contribution is 2.12. The molecule has 2 aromatic rings. The van der Waals surface area contributed by atoms with Gasteiger partial charge in [-0.3, -0.25) is 0 Å². The maximum atomic E-state index is 4.99. The van der Waals surface area contributed by atoms with Gasteiger partial charge in [0.05, 0.1) is 6.26 Å². The van der Waals surface area contributed by atoms with Gasteiger partial charge in [0.25, 0.3) is 0 Å². The van der Waals surface area contributed by atoms with E-state index in [0.717, 1.165) is 0 Å². The molecule has 0 bridgehead atoms. The Morgan fingerprint density at radius 2 is 2.45 bits per heavy atom. The van der Waals surface area contributed by atoms with Crippen molar-refractivity contribution in [2.45, 2.75) is 0 Å². The minimum absolute atomic E-state index is 0.528. The topological polar surface area (TPSA) is 64.1 Å². The molecule has 56 valence electrons. The number of hydrogen-bond donors (Lipinski definition) is 1. The predicted octanol–water partition coefficient (Wildman–Crippen LogP) is 1.41. The van der Waals surface area contributed by atoms with Crippen LogP contribution in [-0.4, -0.2) is 10.4 Å². The van der Waals surface area contributed by atoms with E-state index in [0.29, 0.717) is 11.7 Å². The van der Waals surface area contributed by atoms with Crippen LogP contribution in [-0.2, 0) is 0 Å². The zero-order valence-electron chi connectivity index (χ0n) is 5.52. The molecular weight excluding hydrogens is 146 g/mol. The maximum Gasteiger partial charge on any atom is 0.198 e. The van der Waals surface area contributed by atoms with E-state index in [-0.39, 0.29) is 0 Å². The molecule has 0 unspecified atom stereocenters. The molecule has 0 aliphatic carbocycles. The molecule has 0 amide bonds. The third-order valence-electron chi connectivity index (χ3n) is 1.13. The second kappa shape index (κ2) is 2.45. The van der Waals surface area contributed by atoms with Crippen LogP contribution in [0.25, 0.3) is 0 Å². The summed E-state index contributed by atoms with van der Waals surface area (Å²) in [6.07, 6.45) is 2.96. The molecule has 0 saturated carbocycles. The zero-order chi connectivity index (χ0) is 7.52. The highest BCUT2D eigenvalue weighted by molar-refractivity contribution is 5.46. The average Bonchev–Trinajstić information content (AvgIpc) is 2.60. The summed E-state index contributed by atoms with van der Waals surface area (Å²) in [5.74, 6) is 1.14. The van der Waals surface area contributed by atoms with E-state index in [9.17, 15) is 0 Å². The van der Waals surface area contributed by atoms with Crippen molar-refractivity contribution in [1.29, 1.82) is 0 Å². The first-order chi connectivity index (χ1) is 5.45. The molecule has 0 radical (unpaired) electrons. The third kappa shape index (κ3) is 1.21. The van der Waals surface area contributed by atoms with Crippen molar-refractivity contribution in [3.05, 3.63) is 24.7 Å². The Balaban J connectivity index is 2.14. The number of furan rings is 1. The van der Waals surface area contributed by atoms with Gasteiger partial charge in [-0.2, -0.15) is 0 Å². The van der Waals surface area contributed by atoms with Gasteiger partial charge in [0, 0.05) is 11.3 Å². The van der Waals surface area contributed by atoms with Gasteiger partial charge in [-0.15, -0.1) is 0 Å². The Morgan fingerprint density at radius 1 is 1.45 bits per heavy atom. The van der Waals surface area contributed by atoms with Crippen molar-refractivity contribution in [3.63, 3.8) is 0 Å². The molecule has 5 heteroatoms. The van der Waals surface area contributed by atoms with Crippen LogP contribution in [0.5, 0.6) is 0 Å². The molecule has 11 heavy (non-hydrogen) atoms. The van der Waals surface area contributed by atoms with Gasteiger partial charge in [0.1, 0.15) is 0 Å². The van der Waals surface area contributed by atoms with Gasteiger partial charge < -0.3 is 14.3 Å². The van der Waals surface area contributed by atoms with Gasteiger partial charge in [0.2, 0.25) is 0 Å². The first kappa shape index (κ1) is 5.96. The lowest BCUT2D eigenvalue weighted by molar-refractivity contribution is 0.393. The predicted molar refractivity (Wildman–Crippen MR) is 36.3 cm³/mol. The average molecular weight is 151 g/mol. The van der Waals surface area contributed by atoms with Crippen molar-refractivity contribution in [2.24, 2.45) is 0 Å². The summed E-state index contributed by atoms with van der Waals surface area (Å²) < 4.78 is 9.48. The van der Waals surface area contributed by atoms with E-state index >= 15 is 0 Å². The van der Waals surface area contributed by atoms with E-state index in [4.69, 9.17) is 4.42 Å². The van der Waals surface area contributed by atoms with Crippen LogP contribution in [0.4, 0.5) is 11.7 Å². The van der Waals surface area contributed by atoms with E-state index < -0.39 is 0 Å². The third-order valence-corrected chi connectivity index (χ3v) is 1.13. The molecule has 0 aromatic carbocycles. The molecule has 0 spiro atoms. The summed E-state index contributed by atoms with van der Waals surface area (Å²) in [6, 6.07) is 3.55. The summed E-state index contributed by atoms with van der Waals surface area (Å²) in [4.78, 5) is 0. The zero-order valence-corrected chi connectivity index (χ0v) is 5.52. The van der Waals surface area contributed by atoms with E-state index in [2.05, 4.69) is 20.2 Å². The fourth-order valence-corrected chi connectivity index (χ4v) is 0.695. The van der Waals surface area contributed by atoms with Crippen molar-refractivity contribution < 1.29 is 8.94 Å². The molecule has 0 saturated heterocycles. The lowest BCUT2D eigenvalue weighted by atomic mass is 10.6. The standard InChI is InChI=1S/C6H5N3O2/c1-2-6(10-3-1)7-5-4-11-9-8-5/h1-4,7H. The largest absolute Gasteiger partial charge is 0.449 e. The van der Waals surface area contributed by atoms with E-state index in [1.54, 1.807) is 18.4 Å². The van der Waals surface area contributed by atoms with Gasteiger partial charge in [-0.05, 0) is 6.07 Å². The number of hydrogen-bond acceptors (Lipinski definition) is 5. The first-order valence-electron chi connectivity index (χ1n) is 3.03. The summed E-state index contributed by atoms with van der Waals surface area (Å²) in [6.45, 7) is 0. The molecule has 0 fully saturated rings. The van der Waals surface area contributed by atoms with E-state index in [1.807, 2.05) is 0 Å². The van der Waals surface area contributed by atoms with Crippen LogP contribution >= 0.6 is 0 Å². The highest BCUT2D eigenvalue weighted by atomic mass is 16.5. The smallest absolute Gasteiger partial charge is 0.198 e. The summed E-state index contributed by atoms with van der Waals surface area (Å²) >= 11 is 0. The van der Waals surface area contributed by atoms with Crippen molar-refractivity contribution >= 4 is 11.7 Å². The highest BCUT2D eigenvalue weighted by Gasteiger charge is 1.98. The maximum absolute atomic E-state index is 4.99. The van der Waals surface area contributed by atoms with Gasteiger partial charge in [-0.1, -0.05) is 5.10 Å². The quantitative estimate of drug-likeness (QED) is 0.702. The van der Waals surface area contributed by atoms with Crippen LogP contribution in [0.15, 0.2) is 33.6 Å². The summed E-state index contributed by atoms with van der Waals surface area (Å²) in [7, 11) is 0. The Hall–Kier alpha value is -1.78. The Kier molecular flexibility index (Phi) is 1.33. The fourth-order valence-electron chi connectivity index (χ4n) is 0.695. The second-order valence-corrected chi connectivity index (χ2v) is 1.89. The van der Waals surface area contributed by atoms with Crippen LogP contribution in [0.3, 0.4) is 0 Å². The second-order valence-electron chi connectivity index (χ2n) is 1.89. The fraction of sp³-hybridized carbons (Fsp3) is 0. The summed E-state index contributed by atoms with van der Waals surface area (Å²) in [5, 5.41) is 9.71. The van der Waals surface area contributed by atoms with Crippen molar-refractivity contribution in [3.8, 4) is 0 Å². The Bertz CT molecular complexity index is 268.